The Morgan fingerprint density at radius 1 is 0.769 bits per heavy atom. The number of aromatic carboxylic acids is 1. The molecule has 2 aromatic rings. The molecule has 0 amide bonds. The minimum absolute atomic E-state index is 0. The molecule has 2 aliphatic heterocycles. The molecule has 0 spiro atoms. The van der Waals surface area contributed by atoms with Crippen LogP contribution >= 0.6 is 0 Å². The topological polar surface area (TPSA) is 82.1 Å². The van der Waals surface area contributed by atoms with Crippen LogP contribution in [0.5, 0.6) is 0 Å². The summed E-state index contributed by atoms with van der Waals surface area (Å²) in [7, 11) is 0. The zero-order valence-electron chi connectivity index (χ0n) is 22.5. The van der Waals surface area contributed by atoms with Crippen molar-refractivity contribution in [1.29, 1.82) is 0 Å². The number of carbonyl (C=O) groups excluding carboxylic acids is 1. The van der Waals surface area contributed by atoms with E-state index in [0.717, 1.165) is 6.42 Å². The van der Waals surface area contributed by atoms with E-state index in [2.05, 4.69) is 18.6 Å². The van der Waals surface area contributed by atoms with Crippen molar-refractivity contribution in [2.75, 3.05) is 13.2 Å². The van der Waals surface area contributed by atoms with E-state index in [4.69, 9.17) is 19.3 Å². The van der Waals surface area contributed by atoms with Crippen LogP contribution in [0.4, 0.5) is 0 Å². The summed E-state index contributed by atoms with van der Waals surface area (Å²) in [5.41, 5.74) is 3.63. The summed E-state index contributed by atoms with van der Waals surface area (Å²) < 4.78 is 16.9. The summed E-state index contributed by atoms with van der Waals surface area (Å²) in [6, 6.07) is 15.3. The average molecular weight is 571 g/mol. The van der Waals surface area contributed by atoms with Crippen molar-refractivity contribution < 1.29 is 47.5 Å². The number of esters is 1. The van der Waals surface area contributed by atoms with E-state index in [1.165, 1.54) is 68.9 Å². The summed E-state index contributed by atoms with van der Waals surface area (Å²) in [5, 5.41) is 8.78. The van der Waals surface area contributed by atoms with Crippen molar-refractivity contribution >= 4 is 11.9 Å². The van der Waals surface area contributed by atoms with Gasteiger partial charge in [-0.1, -0.05) is 56.4 Å². The van der Waals surface area contributed by atoms with Crippen LogP contribution in [0.3, 0.4) is 0 Å². The summed E-state index contributed by atoms with van der Waals surface area (Å²) in [6.07, 6.45) is 14.3. The average Bonchev–Trinajstić information content (AvgIpc) is 3.60. The molecule has 2 heterocycles. The number of hydrogen-bond donors (Lipinski definition) is 1. The molecule has 4 aliphatic rings. The molecule has 2 aromatic carbocycles. The van der Waals surface area contributed by atoms with Crippen molar-refractivity contribution in [2.24, 2.45) is 0 Å². The van der Waals surface area contributed by atoms with Gasteiger partial charge < -0.3 is 25.7 Å². The van der Waals surface area contributed by atoms with Gasteiger partial charge in [0.25, 0.3) is 0 Å². The summed E-state index contributed by atoms with van der Waals surface area (Å²) in [4.78, 5) is 23.0. The zero-order valence-corrected chi connectivity index (χ0v) is 23.9. The molecule has 0 bridgehead atoms. The Morgan fingerprint density at radius 2 is 1.36 bits per heavy atom. The Labute approximate surface area is 243 Å². The second kappa shape index (κ2) is 14.5. The normalized spacial score (nSPS) is 25.1. The Bertz CT molecular complexity index is 1060. The van der Waals surface area contributed by atoms with Gasteiger partial charge in [-0.25, -0.2) is 9.59 Å². The molecule has 7 heteroatoms. The summed E-state index contributed by atoms with van der Waals surface area (Å²) in [6.45, 7) is 1.14. The molecule has 2 saturated heterocycles. The van der Waals surface area contributed by atoms with Gasteiger partial charge in [-0.15, -0.1) is 0 Å². The first-order valence-corrected chi connectivity index (χ1v) is 14.3. The molecule has 4 fully saturated rings. The van der Waals surface area contributed by atoms with E-state index >= 15 is 0 Å². The number of carbonyl (C=O) groups is 2. The molecule has 2 aliphatic carbocycles. The smallest absolute Gasteiger partial charge is 0.338 e. The van der Waals surface area contributed by atoms with Crippen LogP contribution in [-0.2, 0) is 32.8 Å². The summed E-state index contributed by atoms with van der Waals surface area (Å²) in [5.74, 6) is 0.158. The number of carboxylic acids is 1. The first-order chi connectivity index (χ1) is 18.6. The van der Waals surface area contributed by atoms with E-state index < -0.39 is 5.97 Å². The van der Waals surface area contributed by atoms with E-state index in [1.807, 2.05) is 24.3 Å². The van der Waals surface area contributed by atoms with Crippen molar-refractivity contribution in [2.45, 2.75) is 94.4 Å². The first kappa shape index (κ1) is 29.9. The molecule has 1 radical (unpaired) electrons. The SMILES string of the molecule is O=C(O)c1ccc(C2CC[CH-]CC2)cc1.O=C(OC1CO[C@@H]2CCO[C@H]12)c1ccc(C2CCCCC2)cc1.[V]. The predicted octanol–water partition coefficient (Wildman–Crippen LogP) is 6.69. The fraction of sp³-hybridized carbons (Fsp3) is 0.531. The molecule has 39 heavy (non-hydrogen) atoms. The molecule has 2 saturated carbocycles. The summed E-state index contributed by atoms with van der Waals surface area (Å²) >= 11 is 0. The largest absolute Gasteiger partial charge is 0.478 e. The van der Waals surface area contributed by atoms with Crippen LogP contribution in [0.25, 0.3) is 0 Å². The third-order valence-electron chi connectivity index (χ3n) is 8.47. The molecule has 6 rings (SSSR count). The van der Waals surface area contributed by atoms with Crippen molar-refractivity contribution in [3.63, 3.8) is 0 Å². The molecule has 1 N–H and O–H groups in total. The Hall–Kier alpha value is -2.12. The molecule has 209 valence electrons. The molecular formula is C32H39O6V-. The zero-order chi connectivity index (χ0) is 26.3. The van der Waals surface area contributed by atoms with E-state index in [1.54, 1.807) is 12.1 Å². The number of carboxylic acid groups (broad SMARTS) is 1. The number of ether oxygens (including phenoxy) is 3. The van der Waals surface area contributed by atoms with E-state index in [-0.39, 0.29) is 42.8 Å². The number of fused-ring (bicyclic) bond motifs is 1. The first-order valence-electron chi connectivity index (χ1n) is 14.3. The van der Waals surface area contributed by atoms with Gasteiger partial charge in [0.05, 0.1) is 23.8 Å². The van der Waals surface area contributed by atoms with Crippen LogP contribution in [0, 0.1) is 6.42 Å². The quantitative estimate of drug-likeness (QED) is 0.319. The minimum atomic E-state index is -0.849. The minimum Gasteiger partial charge on any atom is -0.478 e. The van der Waals surface area contributed by atoms with Crippen molar-refractivity contribution in [3.05, 3.63) is 77.2 Å². The third-order valence-corrected chi connectivity index (χ3v) is 8.47. The maximum absolute atomic E-state index is 12.3. The Balaban J connectivity index is 0.000000192. The second-order valence-electron chi connectivity index (χ2n) is 11.0. The van der Waals surface area contributed by atoms with Crippen LogP contribution in [0.1, 0.15) is 108 Å². The van der Waals surface area contributed by atoms with Gasteiger partial charge in [-0.2, -0.15) is 12.8 Å². The van der Waals surface area contributed by atoms with Crippen molar-refractivity contribution in [3.8, 4) is 0 Å². The predicted molar refractivity (Wildman–Crippen MR) is 144 cm³/mol. The Kier molecular flexibility index (Phi) is 11.1. The van der Waals surface area contributed by atoms with Gasteiger partial charge in [0.15, 0.2) is 6.10 Å². The molecular weight excluding hydrogens is 531 g/mol. The van der Waals surface area contributed by atoms with Gasteiger partial charge in [0.1, 0.15) is 6.10 Å². The standard InChI is InChI=1S/C19H24O4.C13H15O2.V/c20-19(23-17-12-22-16-10-11-21-18(16)17)15-8-6-14(7-9-15)13-4-2-1-3-5-13;14-13(15)12-8-6-11(7-9-12)10-4-2-1-3-5-10;/h6-9,13,16-18H,1-5,10-12H2;1,6-10H,2-5H2,(H,14,15);/q;-1;/t16-,17?,18+;;/m1../s1. The molecule has 3 atom stereocenters. The van der Waals surface area contributed by atoms with Crippen LogP contribution in [-0.4, -0.2) is 48.6 Å². The number of rotatable bonds is 5. The second-order valence-corrected chi connectivity index (χ2v) is 11.0. The van der Waals surface area contributed by atoms with E-state index in [9.17, 15) is 9.59 Å². The fourth-order valence-corrected chi connectivity index (χ4v) is 6.22. The van der Waals surface area contributed by atoms with Gasteiger partial charge in [0, 0.05) is 25.2 Å². The maximum atomic E-state index is 12.3. The van der Waals surface area contributed by atoms with Gasteiger partial charge >= 0.3 is 11.9 Å². The Morgan fingerprint density at radius 3 is 1.97 bits per heavy atom. The monoisotopic (exact) mass is 570 g/mol. The number of hydrogen-bond acceptors (Lipinski definition) is 5. The number of benzene rings is 2. The molecule has 6 nitrogen and oxygen atoms in total. The van der Waals surface area contributed by atoms with Crippen LogP contribution < -0.4 is 0 Å². The molecule has 0 aromatic heterocycles. The van der Waals surface area contributed by atoms with Crippen molar-refractivity contribution in [1.82, 2.24) is 0 Å². The van der Waals surface area contributed by atoms with Gasteiger partial charge in [-0.05, 0) is 66.5 Å². The van der Waals surface area contributed by atoms with Gasteiger partial charge in [-0.3, -0.25) is 0 Å². The van der Waals surface area contributed by atoms with Crippen LogP contribution in [0.2, 0.25) is 0 Å². The third kappa shape index (κ3) is 7.76. The van der Waals surface area contributed by atoms with Gasteiger partial charge in [0.2, 0.25) is 0 Å². The van der Waals surface area contributed by atoms with Crippen LogP contribution in [0.15, 0.2) is 48.5 Å². The van der Waals surface area contributed by atoms with E-state index in [0.29, 0.717) is 36.2 Å². The molecule has 1 unspecified atom stereocenters. The fourth-order valence-electron chi connectivity index (χ4n) is 6.22. The maximum Gasteiger partial charge on any atom is 0.338 e.